The van der Waals surface area contributed by atoms with Crippen LogP contribution in [0.15, 0.2) is 18.3 Å². The van der Waals surface area contributed by atoms with E-state index in [4.69, 9.17) is 0 Å². The van der Waals surface area contributed by atoms with Crippen LogP contribution >= 0.6 is 24.8 Å². The van der Waals surface area contributed by atoms with Gasteiger partial charge in [0.15, 0.2) is 0 Å². The van der Waals surface area contributed by atoms with E-state index in [2.05, 4.69) is 27.8 Å². The molecule has 2 unspecified atom stereocenters. The van der Waals surface area contributed by atoms with Crippen molar-refractivity contribution in [3.63, 3.8) is 0 Å². The van der Waals surface area contributed by atoms with E-state index < -0.39 is 0 Å². The Bertz CT molecular complexity index is 520. The molecule has 2 N–H and O–H groups in total. The zero-order valence-electron chi connectivity index (χ0n) is 15.4. The number of nitrogens with one attached hydrogen (secondary N) is 2. The summed E-state index contributed by atoms with van der Waals surface area (Å²) in [7, 11) is 0. The van der Waals surface area contributed by atoms with Crippen molar-refractivity contribution in [2.75, 3.05) is 31.5 Å². The number of hydrogen-bond acceptors (Lipinski definition) is 5. The molecule has 2 aliphatic heterocycles. The highest BCUT2D eigenvalue weighted by atomic mass is 35.5. The molecule has 1 aromatic rings. The lowest BCUT2D eigenvalue weighted by Crippen LogP contribution is -2.43. The summed E-state index contributed by atoms with van der Waals surface area (Å²) in [6, 6.07) is 4.20. The third-order valence-electron chi connectivity index (χ3n) is 5.41. The monoisotopic (exact) mass is 403 g/mol. The molecule has 2 saturated heterocycles. The normalized spacial score (nSPS) is 21.9. The quantitative estimate of drug-likeness (QED) is 0.790. The Hall–Kier alpha value is -1.11. The van der Waals surface area contributed by atoms with Gasteiger partial charge in [0.2, 0.25) is 5.91 Å². The maximum Gasteiger partial charge on any atom is 0.222 e. The molecule has 6 nitrogen and oxygen atoms in total. The van der Waals surface area contributed by atoms with E-state index in [1.165, 1.54) is 12.8 Å². The molecule has 0 aromatic carbocycles. The molecule has 8 heteroatoms. The van der Waals surface area contributed by atoms with Crippen LogP contribution in [0.4, 0.5) is 5.82 Å². The number of halogens is 2. The minimum absolute atomic E-state index is 0. The fourth-order valence-corrected chi connectivity index (χ4v) is 3.80. The van der Waals surface area contributed by atoms with Gasteiger partial charge in [-0.2, -0.15) is 5.10 Å². The van der Waals surface area contributed by atoms with Gasteiger partial charge < -0.3 is 15.5 Å². The Kier molecular flexibility index (Phi) is 10.2. The van der Waals surface area contributed by atoms with Crippen LogP contribution in [0, 0.1) is 11.8 Å². The first-order valence-corrected chi connectivity index (χ1v) is 9.25. The largest absolute Gasteiger partial charge is 0.366 e. The number of likely N-dealkylation sites (tertiary alicyclic amines) is 1. The minimum atomic E-state index is 0. The van der Waals surface area contributed by atoms with Crippen molar-refractivity contribution in [2.45, 2.75) is 45.1 Å². The number of amides is 1. The first-order chi connectivity index (χ1) is 11.7. The van der Waals surface area contributed by atoms with Gasteiger partial charge in [-0.1, -0.05) is 6.92 Å². The summed E-state index contributed by atoms with van der Waals surface area (Å²) in [4.78, 5) is 14.6. The summed E-state index contributed by atoms with van der Waals surface area (Å²) >= 11 is 0. The topological polar surface area (TPSA) is 70.2 Å². The van der Waals surface area contributed by atoms with Crippen molar-refractivity contribution in [3.8, 4) is 0 Å². The van der Waals surface area contributed by atoms with E-state index in [-0.39, 0.29) is 24.8 Å². The van der Waals surface area contributed by atoms with E-state index >= 15 is 0 Å². The highest BCUT2D eigenvalue weighted by Gasteiger charge is 2.27. The number of carbonyl (C=O) groups excluding carboxylic acids is 1. The highest BCUT2D eigenvalue weighted by molar-refractivity contribution is 5.85. The van der Waals surface area contributed by atoms with Gasteiger partial charge in [0.25, 0.3) is 0 Å². The van der Waals surface area contributed by atoms with Gasteiger partial charge in [-0.25, -0.2) is 0 Å². The highest BCUT2D eigenvalue weighted by Crippen LogP contribution is 2.24. The molecule has 26 heavy (non-hydrogen) atoms. The fraction of sp³-hybridized carbons (Fsp3) is 0.722. The average Bonchev–Trinajstić information content (AvgIpc) is 2.64. The maximum atomic E-state index is 12.6. The van der Waals surface area contributed by atoms with E-state index in [0.29, 0.717) is 30.2 Å². The predicted octanol–water partition coefficient (Wildman–Crippen LogP) is 2.75. The first kappa shape index (κ1) is 22.9. The number of aromatic nitrogens is 2. The Morgan fingerprint density at radius 1 is 1.35 bits per heavy atom. The first-order valence-electron chi connectivity index (χ1n) is 9.25. The van der Waals surface area contributed by atoms with Crippen LogP contribution in [-0.2, 0) is 4.79 Å². The standard InChI is InChI=1S/C18H29N5O.2ClH/c1-14(15-4-2-8-19-13-15)12-18(24)23-10-6-16(7-11-23)21-17-5-3-9-20-22-17;;/h3,5,9,14-16,19H,2,4,6-8,10-13H2,1H3,(H,21,22);2*1H. The average molecular weight is 404 g/mol. The van der Waals surface area contributed by atoms with Crippen LogP contribution in [0.5, 0.6) is 0 Å². The molecular formula is C18H31Cl2N5O. The molecule has 2 atom stereocenters. The van der Waals surface area contributed by atoms with Crippen LogP contribution < -0.4 is 10.6 Å². The second kappa shape index (κ2) is 11.6. The lowest BCUT2D eigenvalue weighted by atomic mass is 9.85. The van der Waals surface area contributed by atoms with Crippen LogP contribution in [-0.4, -0.2) is 53.2 Å². The van der Waals surface area contributed by atoms with E-state index in [0.717, 1.165) is 44.8 Å². The van der Waals surface area contributed by atoms with Crippen LogP contribution in [0.25, 0.3) is 0 Å². The third-order valence-corrected chi connectivity index (χ3v) is 5.41. The molecule has 0 spiro atoms. The van der Waals surface area contributed by atoms with Crippen LogP contribution in [0.1, 0.15) is 39.0 Å². The molecule has 0 bridgehead atoms. The zero-order valence-corrected chi connectivity index (χ0v) is 17.0. The van der Waals surface area contributed by atoms with Crippen molar-refractivity contribution < 1.29 is 4.79 Å². The molecule has 1 aromatic heterocycles. The number of hydrogen-bond donors (Lipinski definition) is 2. The molecule has 0 radical (unpaired) electrons. The fourth-order valence-electron chi connectivity index (χ4n) is 3.80. The smallest absolute Gasteiger partial charge is 0.222 e. The summed E-state index contributed by atoms with van der Waals surface area (Å²) in [6.07, 6.45) is 6.81. The van der Waals surface area contributed by atoms with Crippen LogP contribution in [0.3, 0.4) is 0 Å². The molecule has 3 heterocycles. The van der Waals surface area contributed by atoms with Crippen molar-refractivity contribution in [3.05, 3.63) is 18.3 Å². The Morgan fingerprint density at radius 3 is 2.73 bits per heavy atom. The van der Waals surface area contributed by atoms with Crippen molar-refractivity contribution in [1.29, 1.82) is 0 Å². The van der Waals surface area contributed by atoms with Gasteiger partial charge in [0.1, 0.15) is 5.82 Å². The lowest BCUT2D eigenvalue weighted by molar-refractivity contribution is -0.133. The summed E-state index contributed by atoms with van der Waals surface area (Å²) in [5.74, 6) is 2.27. The summed E-state index contributed by atoms with van der Waals surface area (Å²) in [5, 5.41) is 14.8. The predicted molar refractivity (Wildman–Crippen MR) is 109 cm³/mol. The molecule has 0 aliphatic carbocycles. The molecule has 3 rings (SSSR count). The van der Waals surface area contributed by atoms with Gasteiger partial charge in [-0.15, -0.1) is 29.9 Å². The SMILES string of the molecule is CC(CC(=O)N1CCC(Nc2cccnn2)CC1)C1CCCNC1.Cl.Cl. The van der Waals surface area contributed by atoms with Gasteiger partial charge >= 0.3 is 0 Å². The Balaban J connectivity index is 0.00000169. The van der Waals surface area contributed by atoms with E-state index in [1.807, 2.05) is 17.0 Å². The molecular weight excluding hydrogens is 373 g/mol. The molecule has 2 aliphatic rings. The number of rotatable bonds is 5. The Labute approximate surface area is 168 Å². The number of piperidine rings is 2. The van der Waals surface area contributed by atoms with E-state index in [1.54, 1.807) is 6.20 Å². The molecule has 1 amide bonds. The molecule has 148 valence electrons. The third kappa shape index (κ3) is 6.56. The maximum absolute atomic E-state index is 12.6. The second-order valence-corrected chi connectivity index (χ2v) is 7.20. The van der Waals surface area contributed by atoms with Gasteiger partial charge in [-0.3, -0.25) is 4.79 Å². The van der Waals surface area contributed by atoms with E-state index in [9.17, 15) is 4.79 Å². The van der Waals surface area contributed by atoms with Crippen molar-refractivity contribution >= 4 is 36.5 Å². The summed E-state index contributed by atoms with van der Waals surface area (Å²) in [5.41, 5.74) is 0. The van der Waals surface area contributed by atoms with Crippen LogP contribution in [0.2, 0.25) is 0 Å². The lowest BCUT2D eigenvalue weighted by Gasteiger charge is -2.34. The number of carbonyl (C=O) groups is 1. The summed E-state index contributed by atoms with van der Waals surface area (Å²) < 4.78 is 0. The Morgan fingerprint density at radius 2 is 2.12 bits per heavy atom. The summed E-state index contributed by atoms with van der Waals surface area (Å²) in [6.45, 7) is 6.11. The van der Waals surface area contributed by atoms with Gasteiger partial charge in [0, 0.05) is 31.7 Å². The second-order valence-electron chi connectivity index (χ2n) is 7.20. The van der Waals surface area contributed by atoms with Crippen molar-refractivity contribution in [2.24, 2.45) is 11.8 Å². The van der Waals surface area contributed by atoms with Gasteiger partial charge in [0.05, 0.1) is 0 Å². The number of anilines is 1. The molecule has 0 saturated carbocycles. The number of nitrogens with zero attached hydrogens (tertiary/aromatic N) is 3. The zero-order chi connectivity index (χ0) is 16.8. The molecule has 2 fully saturated rings. The minimum Gasteiger partial charge on any atom is -0.366 e. The van der Waals surface area contributed by atoms with Gasteiger partial charge in [-0.05, 0) is 62.7 Å². The van der Waals surface area contributed by atoms with Crippen molar-refractivity contribution in [1.82, 2.24) is 20.4 Å².